The van der Waals surface area contributed by atoms with Crippen molar-refractivity contribution in [2.24, 2.45) is 0 Å². The molecule has 2 aromatic rings. The molecule has 1 aromatic carbocycles. The first kappa shape index (κ1) is 12.9. The topological polar surface area (TPSA) is 95.1 Å². The van der Waals surface area contributed by atoms with Crippen molar-refractivity contribution in [3.8, 4) is 5.75 Å². The third-order valence-corrected chi connectivity index (χ3v) is 2.53. The van der Waals surface area contributed by atoms with Gasteiger partial charge >= 0.3 is 0 Å². The maximum atomic E-state index is 11.7. The Bertz CT molecular complexity index is 567. The van der Waals surface area contributed by atoms with E-state index in [4.69, 9.17) is 10.5 Å². The number of nitrogens with two attached hydrogens (primary N) is 1. The molecule has 0 radical (unpaired) electrons. The molecule has 0 fully saturated rings. The van der Waals surface area contributed by atoms with Crippen LogP contribution >= 0.6 is 0 Å². The van der Waals surface area contributed by atoms with Crippen LogP contribution < -0.4 is 15.8 Å². The van der Waals surface area contributed by atoms with Gasteiger partial charge in [0.15, 0.2) is 0 Å². The van der Waals surface area contributed by atoms with Gasteiger partial charge in [0.2, 0.25) is 11.9 Å². The number of nitrogens with one attached hydrogen (secondary N) is 1. The van der Waals surface area contributed by atoms with Gasteiger partial charge in [0.1, 0.15) is 18.6 Å². The first-order valence-corrected chi connectivity index (χ1v) is 5.72. The lowest BCUT2D eigenvalue weighted by molar-refractivity contribution is -0.122. The van der Waals surface area contributed by atoms with E-state index in [0.29, 0.717) is 6.54 Å². The summed E-state index contributed by atoms with van der Waals surface area (Å²) in [6.45, 7) is 0.479. The van der Waals surface area contributed by atoms with E-state index in [1.807, 2.05) is 24.3 Å². The van der Waals surface area contributed by atoms with E-state index in [9.17, 15) is 4.79 Å². The van der Waals surface area contributed by atoms with Gasteiger partial charge in [-0.2, -0.15) is 0 Å². The summed E-state index contributed by atoms with van der Waals surface area (Å²) in [6.07, 6.45) is 1.41. The Morgan fingerprint density at radius 2 is 2.26 bits per heavy atom. The number of nitrogens with zero attached hydrogens (tertiary/aromatic N) is 3. The van der Waals surface area contributed by atoms with E-state index in [0.717, 1.165) is 11.3 Å². The highest BCUT2D eigenvalue weighted by Gasteiger charge is 2.06. The van der Waals surface area contributed by atoms with E-state index in [1.165, 1.54) is 11.0 Å². The molecule has 7 heteroatoms. The highest BCUT2D eigenvalue weighted by molar-refractivity contribution is 5.75. The van der Waals surface area contributed by atoms with Crippen LogP contribution in [-0.4, -0.2) is 27.8 Å². The Hall–Kier alpha value is -2.57. The summed E-state index contributed by atoms with van der Waals surface area (Å²) in [5, 5.41) is 6.62. The van der Waals surface area contributed by atoms with Crippen LogP contribution in [0.15, 0.2) is 30.6 Å². The molecule has 0 saturated heterocycles. The van der Waals surface area contributed by atoms with Crippen LogP contribution in [0, 0.1) is 0 Å². The van der Waals surface area contributed by atoms with Crippen molar-refractivity contribution in [1.29, 1.82) is 0 Å². The van der Waals surface area contributed by atoms with Crippen LogP contribution in [0.1, 0.15) is 5.56 Å². The molecule has 0 saturated carbocycles. The van der Waals surface area contributed by atoms with Gasteiger partial charge in [-0.15, -0.1) is 5.10 Å². The molecular formula is C12H15N5O2. The molecule has 2 rings (SSSR count). The molecule has 0 aliphatic heterocycles. The average molecular weight is 261 g/mol. The summed E-state index contributed by atoms with van der Waals surface area (Å²) in [5.74, 6) is 0.723. The fourth-order valence-electron chi connectivity index (χ4n) is 1.63. The molecule has 7 nitrogen and oxygen atoms in total. The van der Waals surface area contributed by atoms with Crippen LogP contribution in [0.5, 0.6) is 5.75 Å². The number of carbonyl (C=O) groups is 1. The second kappa shape index (κ2) is 5.85. The van der Waals surface area contributed by atoms with E-state index in [-0.39, 0.29) is 18.4 Å². The first-order valence-electron chi connectivity index (χ1n) is 5.72. The minimum Gasteiger partial charge on any atom is -0.496 e. The number of aromatic nitrogens is 3. The highest BCUT2D eigenvalue weighted by atomic mass is 16.5. The monoisotopic (exact) mass is 261 g/mol. The second-order valence-electron chi connectivity index (χ2n) is 3.89. The predicted octanol–water partition coefficient (Wildman–Crippen LogP) is 0.185. The van der Waals surface area contributed by atoms with Crippen molar-refractivity contribution in [1.82, 2.24) is 20.1 Å². The smallest absolute Gasteiger partial charge is 0.242 e. The number of amides is 1. The number of anilines is 1. The second-order valence-corrected chi connectivity index (χ2v) is 3.89. The van der Waals surface area contributed by atoms with Crippen molar-refractivity contribution in [2.75, 3.05) is 12.8 Å². The molecule has 19 heavy (non-hydrogen) atoms. The Kier molecular flexibility index (Phi) is 3.97. The fourth-order valence-corrected chi connectivity index (χ4v) is 1.63. The quantitative estimate of drug-likeness (QED) is 0.800. The molecule has 100 valence electrons. The minimum absolute atomic E-state index is 0.0827. The summed E-state index contributed by atoms with van der Waals surface area (Å²) in [6, 6.07) is 7.51. The SMILES string of the molecule is COc1ccccc1CNC(=O)Cn1cnc(N)n1. The molecule has 3 N–H and O–H groups in total. The maximum absolute atomic E-state index is 11.7. The zero-order chi connectivity index (χ0) is 13.7. The Labute approximate surface area is 110 Å². The normalized spacial score (nSPS) is 10.2. The molecule has 0 spiro atoms. The van der Waals surface area contributed by atoms with Gasteiger partial charge in [-0.05, 0) is 6.07 Å². The third-order valence-electron chi connectivity index (χ3n) is 2.53. The lowest BCUT2D eigenvalue weighted by Gasteiger charge is -2.09. The van der Waals surface area contributed by atoms with E-state index in [1.54, 1.807) is 7.11 Å². The van der Waals surface area contributed by atoms with Crippen LogP contribution in [0.3, 0.4) is 0 Å². The summed E-state index contributed by atoms with van der Waals surface area (Å²) in [5.41, 5.74) is 6.28. The number of nitrogen functional groups attached to an aromatic ring is 1. The molecule has 1 aromatic heterocycles. The summed E-state index contributed by atoms with van der Waals surface area (Å²) >= 11 is 0. The molecule has 0 unspecified atom stereocenters. The van der Waals surface area contributed by atoms with Crippen LogP contribution in [0.25, 0.3) is 0 Å². The fraction of sp³-hybridized carbons (Fsp3) is 0.250. The van der Waals surface area contributed by atoms with Crippen LogP contribution in [0.2, 0.25) is 0 Å². The lowest BCUT2D eigenvalue weighted by atomic mass is 10.2. The summed E-state index contributed by atoms with van der Waals surface area (Å²) in [4.78, 5) is 15.5. The van der Waals surface area contributed by atoms with Crippen LogP contribution in [0.4, 0.5) is 5.95 Å². The van der Waals surface area contributed by atoms with E-state index < -0.39 is 0 Å². The van der Waals surface area contributed by atoms with Gasteiger partial charge in [0.25, 0.3) is 0 Å². The number of methoxy groups -OCH3 is 1. The van der Waals surface area contributed by atoms with Gasteiger partial charge in [0, 0.05) is 12.1 Å². The molecule has 0 bridgehead atoms. The maximum Gasteiger partial charge on any atom is 0.242 e. The Morgan fingerprint density at radius 1 is 1.47 bits per heavy atom. The van der Waals surface area contributed by atoms with Crippen LogP contribution in [-0.2, 0) is 17.9 Å². The largest absolute Gasteiger partial charge is 0.496 e. The number of hydrogen-bond acceptors (Lipinski definition) is 5. The molecular weight excluding hydrogens is 246 g/mol. The van der Waals surface area contributed by atoms with E-state index in [2.05, 4.69) is 15.4 Å². The summed E-state index contributed by atoms with van der Waals surface area (Å²) < 4.78 is 6.59. The predicted molar refractivity (Wildman–Crippen MR) is 69.3 cm³/mol. The van der Waals surface area contributed by atoms with Gasteiger partial charge in [-0.25, -0.2) is 9.67 Å². The van der Waals surface area contributed by atoms with Gasteiger partial charge < -0.3 is 15.8 Å². The zero-order valence-corrected chi connectivity index (χ0v) is 10.5. The van der Waals surface area contributed by atoms with Gasteiger partial charge in [-0.3, -0.25) is 4.79 Å². The average Bonchev–Trinajstić information content (AvgIpc) is 2.82. The van der Waals surface area contributed by atoms with Gasteiger partial charge in [0.05, 0.1) is 7.11 Å². The number of carbonyl (C=O) groups excluding carboxylic acids is 1. The molecule has 0 atom stereocenters. The van der Waals surface area contributed by atoms with E-state index >= 15 is 0 Å². The van der Waals surface area contributed by atoms with Crippen molar-refractivity contribution >= 4 is 11.9 Å². The highest BCUT2D eigenvalue weighted by Crippen LogP contribution is 2.16. The number of hydrogen-bond donors (Lipinski definition) is 2. The molecule has 0 aliphatic carbocycles. The van der Waals surface area contributed by atoms with Crippen molar-refractivity contribution in [2.45, 2.75) is 13.1 Å². The first-order chi connectivity index (χ1) is 9.19. The van der Waals surface area contributed by atoms with Crippen molar-refractivity contribution < 1.29 is 9.53 Å². The Balaban J connectivity index is 1.89. The molecule has 1 heterocycles. The number of benzene rings is 1. The molecule has 1 amide bonds. The minimum atomic E-state index is -0.171. The number of ether oxygens (including phenoxy) is 1. The van der Waals surface area contributed by atoms with Crippen molar-refractivity contribution in [3.05, 3.63) is 36.2 Å². The zero-order valence-electron chi connectivity index (χ0n) is 10.5. The van der Waals surface area contributed by atoms with Gasteiger partial charge in [-0.1, -0.05) is 18.2 Å². The molecule has 0 aliphatic rings. The Morgan fingerprint density at radius 3 is 2.95 bits per heavy atom. The number of rotatable bonds is 5. The van der Waals surface area contributed by atoms with Crippen molar-refractivity contribution in [3.63, 3.8) is 0 Å². The summed E-state index contributed by atoms with van der Waals surface area (Å²) in [7, 11) is 1.60. The standard InChI is InChI=1S/C12H15N5O2/c1-19-10-5-3-2-4-9(10)6-14-11(18)7-17-8-15-12(13)16-17/h2-5,8H,6-7H2,1H3,(H2,13,16)(H,14,18). The number of para-hydroxylation sites is 1. The lowest BCUT2D eigenvalue weighted by Crippen LogP contribution is -2.27. The third kappa shape index (κ3) is 3.44.